The van der Waals surface area contributed by atoms with Crippen LogP contribution in [0, 0.1) is 0 Å². The van der Waals surface area contributed by atoms with Crippen molar-refractivity contribution in [3.8, 4) is 11.3 Å². The van der Waals surface area contributed by atoms with Gasteiger partial charge in [0.15, 0.2) is 11.9 Å². The van der Waals surface area contributed by atoms with Gasteiger partial charge in [0.1, 0.15) is 11.4 Å². The standard InChI is InChI=1S/C20H21N5O3/c1-20(2,3)28-19(27)24(15-4-5-15)17-10-16(13-6-8-21-9-7-13)23-18-14(12-26)11-22-25(17)18/h6-12,15H,4-5H2,1-3H3. The maximum atomic E-state index is 13.0. The second-order valence-electron chi connectivity index (χ2n) is 7.77. The minimum atomic E-state index is -0.623. The van der Waals surface area contributed by atoms with Crippen molar-refractivity contribution in [1.82, 2.24) is 19.6 Å². The van der Waals surface area contributed by atoms with Crippen LogP contribution >= 0.6 is 0 Å². The number of nitrogens with zero attached hydrogens (tertiary/aromatic N) is 5. The van der Waals surface area contributed by atoms with E-state index in [1.54, 1.807) is 23.4 Å². The van der Waals surface area contributed by atoms with Gasteiger partial charge in [-0.15, -0.1) is 0 Å². The Morgan fingerprint density at radius 3 is 2.61 bits per heavy atom. The summed E-state index contributed by atoms with van der Waals surface area (Å²) in [6.07, 6.45) is 6.84. The van der Waals surface area contributed by atoms with E-state index in [4.69, 9.17) is 4.74 Å². The maximum Gasteiger partial charge on any atom is 0.416 e. The monoisotopic (exact) mass is 379 g/mol. The topological polar surface area (TPSA) is 89.7 Å². The van der Waals surface area contributed by atoms with Crippen molar-refractivity contribution in [3.63, 3.8) is 0 Å². The fraction of sp³-hybridized carbons (Fsp3) is 0.350. The van der Waals surface area contributed by atoms with Gasteiger partial charge in [-0.25, -0.2) is 9.78 Å². The van der Waals surface area contributed by atoms with Gasteiger partial charge in [0.05, 0.1) is 17.5 Å². The molecule has 0 spiro atoms. The Balaban J connectivity index is 1.90. The molecule has 0 aromatic carbocycles. The molecular formula is C20H21N5O3. The number of ether oxygens (including phenoxy) is 1. The lowest BCUT2D eigenvalue weighted by Gasteiger charge is -2.27. The van der Waals surface area contributed by atoms with Crippen LogP contribution in [-0.4, -0.2) is 43.6 Å². The van der Waals surface area contributed by atoms with Crippen molar-refractivity contribution in [1.29, 1.82) is 0 Å². The minimum Gasteiger partial charge on any atom is -0.443 e. The summed E-state index contributed by atoms with van der Waals surface area (Å²) in [5.74, 6) is 0.529. The lowest BCUT2D eigenvalue weighted by atomic mass is 10.2. The predicted molar refractivity (Wildman–Crippen MR) is 103 cm³/mol. The first-order valence-corrected chi connectivity index (χ1v) is 9.14. The summed E-state index contributed by atoms with van der Waals surface area (Å²) in [6.45, 7) is 5.50. The first-order valence-electron chi connectivity index (χ1n) is 9.14. The van der Waals surface area contributed by atoms with Crippen LogP contribution in [0.3, 0.4) is 0 Å². The third-order valence-electron chi connectivity index (χ3n) is 4.33. The molecule has 8 nitrogen and oxygen atoms in total. The van der Waals surface area contributed by atoms with Crippen LogP contribution < -0.4 is 4.90 Å². The van der Waals surface area contributed by atoms with Gasteiger partial charge in [-0.1, -0.05) is 0 Å². The molecule has 0 radical (unpaired) electrons. The van der Waals surface area contributed by atoms with E-state index < -0.39 is 11.7 Å². The molecule has 3 aromatic heterocycles. The molecule has 1 fully saturated rings. The summed E-state index contributed by atoms with van der Waals surface area (Å²) < 4.78 is 7.15. The number of anilines is 1. The fourth-order valence-corrected chi connectivity index (χ4v) is 2.96. The zero-order valence-electron chi connectivity index (χ0n) is 16.0. The molecule has 0 N–H and O–H groups in total. The Morgan fingerprint density at radius 2 is 2.00 bits per heavy atom. The Bertz CT molecular complexity index is 1040. The van der Waals surface area contributed by atoms with Crippen LogP contribution in [0.2, 0.25) is 0 Å². The van der Waals surface area contributed by atoms with E-state index in [-0.39, 0.29) is 6.04 Å². The van der Waals surface area contributed by atoms with E-state index in [2.05, 4.69) is 15.1 Å². The highest BCUT2D eigenvalue weighted by Crippen LogP contribution is 2.35. The second kappa shape index (κ2) is 6.70. The van der Waals surface area contributed by atoms with Gasteiger partial charge >= 0.3 is 6.09 Å². The van der Waals surface area contributed by atoms with Crippen LogP contribution in [0.15, 0.2) is 36.8 Å². The fourth-order valence-electron chi connectivity index (χ4n) is 2.96. The molecule has 1 aliphatic rings. The van der Waals surface area contributed by atoms with E-state index in [1.165, 1.54) is 10.7 Å². The van der Waals surface area contributed by atoms with Gasteiger partial charge in [0, 0.05) is 30.1 Å². The molecule has 3 aromatic rings. The van der Waals surface area contributed by atoms with Crippen molar-refractivity contribution < 1.29 is 14.3 Å². The van der Waals surface area contributed by atoms with Gasteiger partial charge in [-0.05, 0) is 45.7 Å². The van der Waals surface area contributed by atoms with Crippen LogP contribution in [0.1, 0.15) is 44.0 Å². The molecule has 0 unspecified atom stereocenters. The van der Waals surface area contributed by atoms with Crippen LogP contribution in [0.4, 0.5) is 10.6 Å². The quantitative estimate of drug-likeness (QED) is 0.645. The molecule has 4 rings (SSSR count). The average molecular weight is 379 g/mol. The number of hydrogen-bond donors (Lipinski definition) is 0. The molecule has 0 atom stereocenters. The predicted octanol–water partition coefficient (Wildman–Crippen LogP) is 3.51. The van der Waals surface area contributed by atoms with Crippen LogP contribution in [0.25, 0.3) is 16.9 Å². The van der Waals surface area contributed by atoms with Crippen LogP contribution in [-0.2, 0) is 4.74 Å². The zero-order chi connectivity index (χ0) is 19.9. The van der Waals surface area contributed by atoms with E-state index in [9.17, 15) is 9.59 Å². The number of hydrogen-bond acceptors (Lipinski definition) is 6. The average Bonchev–Trinajstić information content (AvgIpc) is 3.39. The number of aromatic nitrogens is 4. The summed E-state index contributed by atoms with van der Waals surface area (Å²) in [7, 11) is 0. The molecule has 3 heterocycles. The van der Waals surface area contributed by atoms with Crippen molar-refractivity contribution in [3.05, 3.63) is 42.4 Å². The molecule has 28 heavy (non-hydrogen) atoms. The molecule has 144 valence electrons. The Morgan fingerprint density at radius 1 is 1.29 bits per heavy atom. The highest BCUT2D eigenvalue weighted by molar-refractivity contribution is 5.91. The normalized spacial score (nSPS) is 14.1. The van der Waals surface area contributed by atoms with Gasteiger partial charge < -0.3 is 4.74 Å². The molecule has 0 bridgehead atoms. The van der Waals surface area contributed by atoms with Crippen molar-refractivity contribution in [2.45, 2.75) is 45.3 Å². The van der Waals surface area contributed by atoms with Gasteiger partial charge in [0.25, 0.3) is 0 Å². The molecule has 8 heteroatoms. The van der Waals surface area contributed by atoms with Gasteiger partial charge in [-0.3, -0.25) is 14.7 Å². The SMILES string of the molecule is CC(C)(C)OC(=O)N(c1cc(-c2ccncc2)nc2c(C=O)cnn12)C1CC1. The number of aldehydes is 1. The number of pyridine rings is 1. The number of carbonyl (C=O) groups excluding carboxylic acids is 2. The number of rotatable bonds is 4. The van der Waals surface area contributed by atoms with Crippen molar-refractivity contribution in [2.75, 3.05) is 4.90 Å². The summed E-state index contributed by atoms with van der Waals surface area (Å²) in [4.78, 5) is 34.7. The lowest BCUT2D eigenvalue weighted by Crippen LogP contribution is -2.39. The molecular weight excluding hydrogens is 358 g/mol. The largest absolute Gasteiger partial charge is 0.443 e. The maximum absolute atomic E-state index is 13.0. The van der Waals surface area contributed by atoms with E-state index >= 15 is 0 Å². The first-order chi connectivity index (χ1) is 13.4. The summed E-state index contributed by atoms with van der Waals surface area (Å²) in [5.41, 5.74) is 1.59. The smallest absolute Gasteiger partial charge is 0.416 e. The second-order valence-corrected chi connectivity index (χ2v) is 7.77. The molecule has 0 saturated heterocycles. The van der Waals surface area contributed by atoms with E-state index in [0.717, 1.165) is 18.4 Å². The summed E-state index contributed by atoms with van der Waals surface area (Å²) in [5, 5.41) is 4.30. The Hall–Kier alpha value is -3.29. The zero-order valence-corrected chi connectivity index (χ0v) is 16.0. The van der Waals surface area contributed by atoms with Gasteiger partial charge in [0.2, 0.25) is 0 Å². The highest BCUT2D eigenvalue weighted by atomic mass is 16.6. The van der Waals surface area contributed by atoms with Crippen LogP contribution in [0.5, 0.6) is 0 Å². The molecule has 1 saturated carbocycles. The van der Waals surface area contributed by atoms with Gasteiger partial charge in [-0.2, -0.15) is 9.61 Å². The summed E-state index contributed by atoms with van der Waals surface area (Å²) in [6, 6.07) is 5.49. The van der Waals surface area contributed by atoms with E-state index in [0.29, 0.717) is 29.0 Å². The summed E-state index contributed by atoms with van der Waals surface area (Å²) >= 11 is 0. The van der Waals surface area contributed by atoms with E-state index in [1.807, 2.05) is 32.9 Å². The number of amides is 1. The first kappa shape index (κ1) is 18.1. The number of fused-ring (bicyclic) bond motifs is 1. The minimum absolute atomic E-state index is 0.0367. The Labute approximate surface area is 162 Å². The highest BCUT2D eigenvalue weighted by Gasteiger charge is 2.38. The lowest BCUT2D eigenvalue weighted by molar-refractivity contribution is 0.0576. The molecule has 1 amide bonds. The number of carbonyl (C=O) groups is 2. The third-order valence-corrected chi connectivity index (χ3v) is 4.33. The molecule has 1 aliphatic carbocycles. The van der Waals surface area contributed by atoms with Crippen molar-refractivity contribution in [2.24, 2.45) is 0 Å². The third kappa shape index (κ3) is 3.45. The Kier molecular flexibility index (Phi) is 4.33. The molecule has 0 aliphatic heterocycles. The van der Waals surface area contributed by atoms with Crippen molar-refractivity contribution >= 4 is 23.8 Å².